The van der Waals surface area contributed by atoms with E-state index >= 15 is 0 Å². The molecular weight excluding hydrogens is 99.0 g/mol. The van der Waals surface area contributed by atoms with Crippen molar-refractivity contribution < 1.29 is 10.2 Å². The summed E-state index contributed by atoms with van der Waals surface area (Å²) in [5.41, 5.74) is 0. The monoisotopic (exact) mass is 108 g/mol. The second kappa shape index (κ2) is 3.54. The van der Waals surface area contributed by atoms with E-state index in [9.17, 15) is 0 Å². The van der Waals surface area contributed by atoms with Gasteiger partial charge in [0.1, 0.15) is 0 Å². The Hall–Kier alpha value is 0.350. The first kappa shape index (κ1) is 6.35. The minimum Gasteiger partial charge on any atom is -0.396 e. The molecule has 6 heavy (non-hydrogen) atoms. The summed E-state index contributed by atoms with van der Waals surface area (Å²) >= 11 is 0. The maximum absolute atomic E-state index is 8.36. The Bertz CT molecular complexity index is 30.0. The van der Waals surface area contributed by atoms with Crippen LogP contribution < -0.4 is 0 Å². The molecule has 0 saturated heterocycles. The van der Waals surface area contributed by atoms with Gasteiger partial charge >= 0.3 is 0 Å². The molecule has 3 heteroatoms. The quantitative estimate of drug-likeness (QED) is 0.471. The summed E-state index contributed by atoms with van der Waals surface area (Å²) in [4.78, 5) is 0. The van der Waals surface area contributed by atoms with Crippen LogP contribution in [0.3, 0.4) is 0 Å². The zero-order valence-corrected chi connectivity index (χ0v) is 4.62. The molecule has 2 nitrogen and oxygen atoms in total. The van der Waals surface area contributed by atoms with Crippen molar-refractivity contribution in [1.82, 2.24) is 0 Å². The van der Waals surface area contributed by atoms with Crippen molar-refractivity contribution >= 4 is 9.24 Å². The van der Waals surface area contributed by atoms with Crippen molar-refractivity contribution in [3.8, 4) is 0 Å². The second-order valence-corrected chi connectivity index (χ2v) is 1.85. The fourth-order valence-corrected chi connectivity index (χ4v) is 0.281. The fourth-order valence-electron chi connectivity index (χ4n) is 0.132. The lowest BCUT2D eigenvalue weighted by Gasteiger charge is -1.95. The zero-order valence-electron chi connectivity index (χ0n) is 3.46. The molecule has 2 atom stereocenters. The van der Waals surface area contributed by atoms with Gasteiger partial charge in [0.15, 0.2) is 0 Å². The third kappa shape index (κ3) is 4.35. The molecule has 0 aliphatic carbocycles. The van der Waals surface area contributed by atoms with E-state index in [2.05, 4.69) is 9.24 Å². The first-order valence-electron chi connectivity index (χ1n) is 1.82. The van der Waals surface area contributed by atoms with Crippen LogP contribution in [-0.4, -0.2) is 22.7 Å². The van der Waals surface area contributed by atoms with Crippen molar-refractivity contribution in [2.45, 2.75) is 12.3 Å². The van der Waals surface area contributed by atoms with Gasteiger partial charge < -0.3 is 10.2 Å². The molecule has 0 radical (unpaired) electrons. The molecule has 0 rings (SSSR count). The molecule has 0 heterocycles. The van der Waals surface area contributed by atoms with Gasteiger partial charge in [0, 0.05) is 6.61 Å². The highest BCUT2D eigenvalue weighted by Gasteiger charge is 1.88. The van der Waals surface area contributed by atoms with Gasteiger partial charge in [0.05, 0.1) is 5.85 Å². The van der Waals surface area contributed by atoms with E-state index in [0.29, 0.717) is 6.42 Å². The van der Waals surface area contributed by atoms with Gasteiger partial charge in [0.2, 0.25) is 0 Å². The number of rotatable bonds is 2. The van der Waals surface area contributed by atoms with Gasteiger partial charge in [-0.2, -0.15) is 0 Å². The third-order valence-corrected chi connectivity index (χ3v) is 0.758. The Morgan fingerprint density at radius 2 is 2.17 bits per heavy atom. The maximum Gasteiger partial charge on any atom is 0.0695 e. The lowest BCUT2D eigenvalue weighted by atomic mass is 10.5. The van der Waals surface area contributed by atoms with E-state index in [1.165, 1.54) is 0 Å². The summed E-state index contributed by atoms with van der Waals surface area (Å²) in [6.45, 7) is 0.0602. The summed E-state index contributed by atoms with van der Waals surface area (Å²) in [5.74, 6) is -0.435. The first-order chi connectivity index (χ1) is 2.77. The minimum absolute atomic E-state index is 0.0602. The Morgan fingerprint density at radius 3 is 2.17 bits per heavy atom. The molecule has 0 aliphatic heterocycles. The van der Waals surface area contributed by atoms with Crippen LogP contribution in [0.15, 0.2) is 0 Å². The van der Waals surface area contributed by atoms with Crippen LogP contribution >= 0.6 is 9.24 Å². The molecule has 0 aromatic carbocycles. The number of aliphatic hydroxyl groups is 2. The fraction of sp³-hybridized carbons (Fsp3) is 1.00. The molecule has 0 fully saturated rings. The molecule has 0 aromatic heterocycles. The third-order valence-electron chi connectivity index (χ3n) is 0.425. The van der Waals surface area contributed by atoms with Crippen LogP contribution in [0.2, 0.25) is 0 Å². The van der Waals surface area contributed by atoms with Crippen LogP contribution in [0.4, 0.5) is 0 Å². The highest BCUT2D eigenvalue weighted by molar-refractivity contribution is 7.17. The van der Waals surface area contributed by atoms with E-state index in [-0.39, 0.29) is 6.61 Å². The maximum atomic E-state index is 8.36. The predicted molar refractivity (Wildman–Crippen MR) is 27.4 cm³/mol. The summed E-state index contributed by atoms with van der Waals surface area (Å²) < 4.78 is 0. The molecule has 0 amide bonds. The normalized spacial score (nSPS) is 14.5. The van der Waals surface area contributed by atoms with E-state index in [4.69, 9.17) is 10.2 Å². The Morgan fingerprint density at radius 1 is 1.67 bits per heavy atom. The van der Waals surface area contributed by atoms with Gasteiger partial charge in [0.25, 0.3) is 0 Å². The van der Waals surface area contributed by atoms with Crippen molar-refractivity contribution in [3.05, 3.63) is 0 Å². The zero-order chi connectivity index (χ0) is 4.99. The SMILES string of the molecule is OCCC(O)P. The Kier molecular flexibility index (Phi) is 3.74. The van der Waals surface area contributed by atoms with Crippen molar-refractivity contribution in [2.24, 2.45) is 0 Å². The van der Waals surface area contributed by atoms with E-state index in [1.807, 2.05) is 0 Å². The molecule has 0 aliphatic rings. The number of hydrogen-bond donors (Lipinski definition) is 2. The standard InChI is InChI=1S/C3H9O2P/c4-2-1-3(5)6/h3-5H,1-2,6H2. The lowest BCUT2D eigenvalue weighted by molar-refractivity contribution is 0.198. The highest BCUT2D eigenvalue weighted by atomic mass is 31.0. The predicted octanol–water partition coefficient (Wildman–Crippen LogP) is -0.438. The summed E-state index contributed by atoms with van der Waals surface area (Å²) in [7, 11) is 2.17. The molecule has 38 valence electrons. The van der Waals surface area contributed by atoms with Crippen molar-refractivity contribution in [1.29, 1.82) is 0 Å². The molecular formula is C3H9O2P. The van der Waals surface area contributed by atoms with Gasteiger partial charge in [-0.3, -0.25) is 0 Å². The van der Waals surface area contributed by atoms with E-state index in [1.54, 1.807) is 0 Å². The summed E-state index contributed by atoms with van der Waals surface area (Å²) in [6.07, 6.45) is 0.449. The first-order valence-corrected chi connectivity index (χ1v) is 2.48. The smallest absolute Gasteiger partial charge is 0.0695 e. The van der Waals surface area contributed by atoms with Crippen molar-refractivity contribution in [2.75, 3.05) is 6.61 Å². The highest BCUT2D eigenvalue weighted by Crippen LogP contribution is 1.96. The number of aliphatic hydroxyl groups excluding tert-OH is 2. The molecule has 0 bridgehead atoms. The van der Waals surface area contributed by atoms with Crippen LogP contribution in [-0.2, 0) is 0 Å². The molecule has 2 unspecified atom stereocenters. The Balaban J connectivity index is 2.63. The lowest BCUT2D eigenvalue weighted by Crippen LogP contribution is -1.96. The molecule has 0 saturated carbocycles. The van der Waals surface area contributed by atoms with E-state index in [0.717, 1.165) is 0 Å². The Labute approximate surface area is 39.4 Å². The van der Waals surface area contributed by atoms with Crippen LogP contribution in [0.5, 0.6) is 0 Å². The summed E-state index contributed by atoms with van der Waals surface area (Å²) in [6, 6.07) is 0. The van der Waals surface area contributed by atoms with Gasteiger partial charge in [-0.15, -0.1) is 9.24 Å². The van der Waals surface area contributed by atoms with Crippen LogP contribution in [0, 0.1) is 0 Å². The van der Waals surface area contributed by atoms with Crippen LogP contribution in [0.25, 0.3) is 0 Å². The average molecular weight is 108 g/mol. The van der Waals surface area contributed by atoms with E-state index < -0.39 is 5.85 Å². The van der Waals surface area contributed by atoms with Gasteiger partial charge in [-0.25, -0.2) is 0 Å². The topological polar surface area (TPSA) is 40.5 Å². The van der Waals surface area contributed by atoms with Crippen molar-refractivity contribution in [3.63, 3.8) is 0 Å². The second-order valence-electron chi connectivity index (χ2n) is 1.08. The average Bonchev–Trinajstić information content (AvgIpc) is 1.35. The van der Waals surface area contributed by atoms with Gasteiger partial charge in [-0.1, -0.05) is 0 Å². The summed E-state index contributed by atoms with van der Waals surface area (Å²) in [5, 5.41) is 16.4. The largest absolute Gasteiger partial charge is 0.396 e. The number of hydrogen-bond acceptors (Lipinski definition) is 2. The van der Waals surface area contributed by atoms with Gasteiger partial charge in [-0.05, 0) is 6.42 Å². The van der Waals surface area contributed by atoms with Crippen LogP contribution in [0.1, 0.15) is 6.42 Å². The minimum atomic E-state index is -0.435. The molecule has 0 aromatic rings. The molecule has 0 spiro atoms. The molecule has 2 N–H and O–H groups in total.